The lowest BCUT2D eigenvalue weighted by molar-refractivity contribution is 0.284. The minimum absolute atomic E-state index is 0.179. The van der Waals surface area contributed by atoms with Gasteiger partial charge in [0.2, 0.25) is 0 Å². The average molecular weight is 177 g/mol. The van der Waals surface area contributed by atoms with Crippen LogP contribution >= 0.6 is 0 Å². The van der Waals surface area contributed by atoms with E-state index in [4.69, 9.17) is 0 Å². The predicted octanol–water partition coefficient (Wildman–Crippen LogP) is 1.66. The quantitative estimate of drug-likeness (QED) is 0.694. The highest BCUT2D eigenvalue weighted by molar-refractivity contribution is 5.72. The van der Waals surface area contributed by atoms with Gasteiger partial charge in [-0.1, -0.05) is 13.8 Å². The summed E-state index contributed by atoms with van der Waals surface area (Å²) in [6.45, 7) is 4.44. The Balaban J connectivity index is 2.03. The Morgan fingerprint density at radius 2 is 2.46 bits per heavy atom. The lowest BCUT2D eigenvalue weighted by Gasteiger charge is -2.22. The Morgan fingerprint density at radius 3 is 3.15 bits per heavy atom. The van der Waals surface area contributed by atoms with Crippen LogP contribution in [0, 0.1) is 5.92 Å². The second-order valence-electron chi connectivity index (χ2n) is 3.86. The monoisotopic (exact) mass is 177 g/mol. The van der Waals surface area contributed by atoms with Crippen LogP contribution < -0.4 is 5.43 Å². The fourth-order valence-electron chi connectivity index (χ4n) is 1.59. The van der Waals surface area contributed by atoms with Gasteiger partial charge in [0.15, 0.2) is 6.17 Å². The first kappa shape index (κ1) is 8.35. The minimum atomic E-state index is 0.179. The molecule has 13 heavy (non-hydrogen) atoms. The number of hydrogen-bond acceptors (Lipinski definition) is 3. The molecule has 0 fully saturated rings. The fourth-order valence-corrected chi connectivity index (χ4v) is 1.59. The van der Waals surface area contributed by atoms with Crippen LogP contribution in [0.2, 0.25) is 0 Å². The Hall–Kier alpha value is -1.25. The highest BCUT2D eigenvalue weighted by Gasteiger charge is 2.21. The third kappa shape index (κ3) is 1.74. The van der Waals surface area contributed by atoms with Crippen molar-refractivity contribution in [1.29, 1.82) is 0 Å². The fraction of sp³-hybridized carbons (Fsp3) is 0.500. The van der Waals surface area contributed by atoms with Crippen LogP contribution in [-0.2, 0) is 0 Å². The summed E-state index contributed by atoms with van der Waals surface area (Å²) in [5, 5.41) is 2.03. The van der Waals surface area contributed by atoms with Gasteiger partial charge in [-0.2, -0.15) is 0 Å². The van der Waals surface area contributed by atoms with Crippen LogP contribution in [0.3, 0.4) is 0 Å². The summed E-state index contributed by atoms with van der Waals surface area (Å²) >= 11 is 0. The number of allylic oxidation sites excluding steroid dienone is 2. The number of aliphatic imine (C=N–C) groups is 1. The van der Waals surface area contributed by atoms with Crippen molar-refractivity contribution in [2.24, 2.45) is 10.9 Å². The molecule has 0 aromatic carbocycles. The van der Waals surface area contributed by atoms with E-state index in [-0.39, 0.29) is 6.17 Å². The zero-order valence-corrected chi connectivity index (χ0v) is 8.07. The van der Waals surface area contributed by atoms with Crippen molar-refractivity contribution in [3.8, 4) is 0 Å². The third-order valence-corrected chi connectivity index (χ3v) is 2.11. The van der Waals surface area contributed by atoms with E-state index in [9.17, 15) is 0 Å². The van der Waals surface area contributed by atoms with Crippen molar-refractivity contribution in [2.45, 2.75) is 26.4 Å². The summed E-state index contributed by atoms with van der Waals surface area (Å²) in [6, 6.07) is 0. The van der Waals surface area contributed by atoms with Gasteiger partial charge < -0.3 is 5.43 Å². The molecular formula is C10H15N3. The largest absolute Gasteiger partial charge is 0.301 e. The molecule has 3 nitrogen and oxygen atoms in total. The molecule has 2 aliphatic rings. The first-order chi connectivity index (χ1) is 6.25. The molecule has 0 aromatic rings. The lowest BCUT2D eigenvalue weighted by Crippen LogP contribution is -2.34. The molecule has 2 rings (SSSR count). The zero-order valence-electron chi connectivity index (χ0n) is 8.07. The van der Waals surface area contributed by atoms with E-state index in [1.54, 1.807) is 0 Å². The zero-order chi connectivity index (χ0) is 9.26. The van der Waals surface area contributed by atoms with Crippen molar-refractivity contribution in [1.82, 2.24) is 10.4 Å². The molecule has 2 heterocycles. The second kappa shape index (κ2) is 3.24. The number of hydrazine groups is 1. The standard InChI is InChI=1S/C10H15N3/c1-8(2)6-9-7-10-11-4-3-5-13(10)12-9/h3-5,7-8,10,12H,6H2,1-2H3. The molecule has 0 amide bonds. The summed E-state index contributed by atoms with van der Waals surface area (Å²) in [5.41, 5.74) is 4.60. The van der Waals surface area contributed by atoms with Gasteiger partial charge in [-0.05, 0) is 24.5 Å². The predicted molar refractivity (Wildman–Crippen MR) is 53.9 cm³/mol. The van der Waals surface area contributed by atoms with Crippen molar-refractivity contribution in [3.05, 3.63) is 24.0 Å². The third-order valence-electron chi connectivity index (χ3n) is 2.11. The van der Waals surface area contributed by atoms with E-state index < -0.39 is 0 Å². The van der Waals surface area contributed by atoms with E-state index in [1.165, 1.54) is 5.70 Å². The van der Waals surface area contributed by atoms with Gasteiger partial charge >= 0.3 is 0 Å². The maximum Gasteiger partial charge on any atom is 0.159 e. The molecule has 0 aliphatic carbocycles. The average Bonchev–Trinajstić information content (AvgIpc) is 2.44. The Bertz CT molecular complexity index is 276. The molecular weight excluding hydrogens is 162 g/mol. The van der Waals surface area contributed by atoms with Crippen LogP contribution in [0.5, 0.6) is 0 Å². The van der Waals surface area contributed by atoms with Crippen LogP contribution in [0.4, 0.5) is 0 Å². The summed E-state index contributed by atoms with van der Waals surface area (Å²) in [4.78, 5) is 4.32. The Kier molecular flexibility index (Phi) is 2.08. The van der Waals surface area contributed by atoms with Crippen LogP contribution in [0.1, 0.15) is 20.3 Å². The number of nitrogens with zero attached hydrogens (tertiary/aromatic N) is 2. The molecule has 0 spiro atoms. The minimum Gasteiger partial charge on any atom is -0.301 e. The summed E-state index contributed by atoms with van der Waals surface area (Å²) in [6.07, 6.45) is 9.25. The molecule has 0 radical (unpaired) electrons. The molecule has 3 heteroatoms. The molecule has 0 saturated carbocycles. The maximum atomic E-state index is 4.32. The van der Waals surface area contributed by atoms with Gasteiger partial charge in [0.05, 0.1) is 0 Å². The molecule has 1 N–H and O–H groups in total. The van der Waals surface area contributed by atoms with Gasteiger partial charge in [0.1, 0.15) is 0 Å². The first-order valence-corrected chi connectivity index (χ1v) is 4.71. The van der Waals surface area contributed by atoms with E-state index in [0.29, 0.717) is 5.92 Å². The van der Waals surface area contributed by atoms with Gasteiger partial charge in [0.25, 0.3) is 0 Å². The van der Waals surface area contributed by atoms with Gasteiger partial charge in [-0.25, -0.2) is 0 Å². The SMILES string of the molecule is CC(C)CC1=CC2N=CC=CN2N1. The summed E-state index contributed by atoms with van der Waals surface area (Å²) in [5.74, 6) is 0.688. The Morgan fingerprint density at radius 1 is 1.62 bits per heavy atom. The van der Waals surface area contributed by atoms with Crippen molar-refractivity contribution in [3.63, 3.8) is 0 Å². The first-order valence-electron chi connectivity index (χ1n) is 4.71. The summed E-state index contributed by atoms with van der Waals surface area (Å²) < 4.78 is 0. The van der Waals surface area contributed by atoms with E-state index in [2.05, 4.69) is 30.3 Å². The van der Waals surface area contributed by atoms with Crippen LogP contribution in [-0.4, -0.2) is 17.4 Å². The molecule has 70 valence electrons. The summed E-state index contributed by atoms with van der Waals surface area (Å²) in [7, 11) is 0. The van der Waals surface area contributed by atoms with Gasteiger partial charge in [-0.3, -0.25) is 10.0 Å². The second-order valence-corrected chi connectivity index (χ2v) is 3.86. The molecule has 0 aromatic heterocycles. The highest BCUT2D eigenvalue weighted by atomic mass is 15.6. The molecule has 1 unspecified atom stereocenters. The molecule has 0 bridgehead atoms. The normalized spacial score (nSPS) is 24.7. The topological polar surface area (TPSA) is 27.6 Å². The number of nitrogens with one attached hydrogen (secondary N) is 1. The van der Waals surface area contributed by atoms with Crippen molar-refractivity contribution < 1.29 is 0 Å². The van der Waals surface area contributed by atoms with Crippen LogP contribution in [0.25, 0.3) is 0 Å². The lowest BCUT2D eigenvalue weighted by atomic mass is 10.1. The smallest absolute Gasteiger partial charge is 0.159 e. The molecule has 1 atom stereocenters. The van der Waals surface area contributed by atoms with Gasteiger partial charge in [-0.15, -0.1) is 0 Å². The molecule has 2 aliphatic heterocycles. The van der Waals surface area contributed by atoms with E-state index >= 15 is 0 Å². The number of rotatable bonds is 2. The molecule has 0 saturated heterocycles. The van der Waals surface area contributed by atoms with E-state index in [1.807, 2.05) is 23.5 Å². The van der Waals surface area contributed by atoms with Crippen molar-refractivity contribution >= 4 is 6.21 Å². The van der Waals surface area contributed by atoms with Crippen molar-refractivity contribution in [2.75, 3.05) is 0 Å². The van der Waals surface area contributed by atoms with Crippen LogP contribution in [0.15, 0.2) is 29.0 Å². The maximum absolute atomic E-state index is 4.32. The van der Waals surface area contributed by atoms with Gasteiger partial charge in [0, 0.05) is 18.1 Å². The van der Waals surface area contributed by atoms with E-state index in [0.717, 1.165) is 6.42 Å². The Labute approximate surface area is 78.8 Å². The highest BCUT2D eigenvalue weighted by Crippen LogP contribution is 2.19. The number of fused-ring (bicyclic) bond motifs is 1. The number of hydrogen-bond donors (Lipinski definition) is 1.